The summed E-state index contributed by atoms with van der Waals surface area (Å²) in [5, 5.41) is 3.04. The molecule has 0 spiro atoms. The minimum atomic E-state index is -0.0805. The zero-order chi connectivity index (χ0) is 16.4. The Morgan fingerprint density at radius 1 is 1.26 bits per heavy atom. The molecule has 0 aromatic heterocycles. The summed E-state index contributed by atoms with van der Waals surface area (Å²) in [6.07, 6.45) is 2.45. The van der Waals surface area contributed by atoms with Crippen LogP contribution in [0.2, 0.25) is 0 Å². The maximum Gasteiger partial charge on any atom is 0.257 e. The fourth-order valence-electron chi connectivity index (χ4n) is 3.52. The van der Waals surface area contributed by atoms with Gasteiger partial charge in [-0.15, -0.1) is 0 Å². The molecule has 2 heterocycles. The van der Waals surface area contributed by atoms with Gasteiger partial charge in [0.2, 0.25) is 5.91 Å². The molecule has 2 atom stereocenters. The van der Waals surface area contributed by atoms with Crippen molar-refractivity contribution in [2.45, 2.75) is 25.3 Å². The van der Waals surface area contributed by atoms with Crippen LogP contribution >= 0.6 is 0 Å². The van der Waals surface area contributed by atoms with Gasteiger partial charge in [0.15, 0.2) is 11.5 Å². The van der Waals surface area contributed by atoms with Crippen LogP contribution in [0, 0.1) is 5.92 Å². The van der Waals surface area contributed by atoms with Crippen LogP contribution in [0.3, 0.4) is 0 Å². The molecule has 0 unspecified atom stereocenters. The van der Waals surface area contributed by atoms with Gasteiger partial charge < -0.3 is 19.7 Å². The van der Waals surface area contributed by atoms with E-state index in [2.05, 4.69) is 5.32 Å². The molecule has 0 saturated carbocycles. The predicted molar refractivity (Wildman–Crippen MR) is 84.7 cm³/mol. The second-order valence-corrected chi connectivity index (χ2v) is 6.08. The highest BCUT2D eigenvalue weighted by Gasteiger charge is 2.38. The zero-order valence-corrected chi connectivity index (χ0v) is 13.5. The highest BCUT2D eigenvalue weighted by molar-refractivity contribution is 5.98. The monoisotopic (exact) mass is 318 g/mol. The van der Waals surface area contributed by atoms with Crippen molar-refractivity contribution >= 4 is 11.8 Å². The molecule has 2 fully saturated rings. The highest BCUT2D eigenvalue weighted by atomic mass is 16.5. The number of likely N-dealkylation sites (tertiary alicyclic amines) is 1. The Kier molecular flexibility index (Phi) is 4.41. The first kappa shape index (κ1) is 15.6. The first-order valence-electron chi connectivity index (χ1n) is 7.93. The first-order chi connectivity index (χ1) is 11.1. The van der Waals surface area contributed by atoms with E-state index < -0.39 is 0 Å². The van der Waals surface area contributed by atoms with Gasteiger partial charge in [0, 0.05) is 19.5 Å². The summed E-state index contributed by atoms with van der Waals surface area (Å²) in [6.45, 7) is 1.22. The number of nitrogens with one attached hydrogen (secondary N) is 1. The van der Waals surface area contributed by atoms with Gasteiger partial charge in [-0.25, -0.2) is 0 Å². The Bertz CT molecular complexity index is 617. The summed E-state index contributed by atoms with van der Waals surface area (Å²) in [7, 11) is 3.08. The molecule has 23 heavy (non-hydrogen) atoms. The van der Waals surface area contributed by atoms with Gasteiger partial charge in [0.05, 0.1) is 25.8 Å². The molecule has 2 aliphatic rings. The summed E-state index contributed by atoms with van der Waals surface area (Å²) in [5.74, 6) is 1.34. The standard InChI is InChI=1S/C17H22N2O4/c1-22-14-7-4-6-12(16(14)23-2)17(21)19-9-11-5-3-8-15(20)18-13(11)10-19/h4,6-7,11,13H,3,5,8-10H2,1-2H3,(H,18,20)/t11-,13+/m1/s1. The Balaban J connectivity index is 1.81. The number of rotatable bonds is 3. The molecule has 2 amide bonds. The summed E-state index contributed by atoms with van der Waals surface area (Å²) >= 11 is 0. The van der Waals surface area contributed by atoms with Gasteiger partial charge in [-0.1, -0.05) is 6.07 Å². The fraction of sp³-hybridized carbons (Fsp3) is 0.529. The second-order valence-electron chi connectivity index (χ2n) is 6.08. The Hall–Kier alpha value is -2.24. The minimum absolute atomic E-state index is 0.0607. The van der Waals surface area contributed by atoms with Crippen LogP contribution in [0.15, 0.2) is 18.2 Å². The SMILES string of the molecule is COc1cccc(C(=O)N2C[C@H]3CCCC(=O)N[C@H]3C2)c1OC. The van der Waals surface area contributed by atoms with Crippen LogP contribution in [0.5, 0.6) is 11.5 Å². The highest BCUT2D eigenvalue weighted by Crippen LogP contribution is 2.33. The van der Waals surface area contributed by atoms with Gasteiger partial charge >= 0.3 is 0 Å². The van der Waals surface area contributed by atoms with E-state index in [1.54, 1.807) is 30.2 Å². The van der Waals surface area contributed by atoms with Crippen molar-refractivity contribution in [1.82, 2.24) is 10.2 Å². The topological polar surface area (TPSA) is 67.9 Å². The number of ether oxygens (including phenoxy) is 2. The van der Waals surface area contributed by atoms with E-state index >= 15 is 0 Å². The molecule has 1 N–H and O–H groups in total. The van der Waals surface area contributed by atoms with Crippen molar-refractivity contribution < 1.29 is 19.1 Å². The Labute approximate surface area is 135 Å². The van der Waals surface area contributed by atoms with E-state index in [0.717, 1.165) is 12.8 Å². The van der Waals surface area contributed by atoms with Crippen LogP contribution in [0.1, 0.15) is 29.6 Å². The average Bonchev–Trinajstić information content (AvgIpc) is 2.87. The van der Waals surface area contributed by atoms with Crippen LogP contribution in [-0.2, 0) is 4.79 Å². The minimum Gasteiger partial charge on any atom is -0.493 e. The molecular weight excluding hydrogens is 296 g/mol. The van der Waals surface area contributed by atoms with E-state index in [4.69, 9.17) is 9.47 Å². The normalized spacial score (nSPS) is 23.7. The second kappa shape index (κ2) is 6.48. The number of fused-ring (bicyclic) bond motifs is 1. The van der Waals surface area contributed by atoms with Crippen molar-refractivity contribution in [3.05, 3.63) is 23.8 Å². The van der Waals surface area contributed by atoms with Gasteiger partial charge in [0.25, 0.3) is 5.91 Å². The number of para-hydroxylation sites is 1. The number of carbonyl (C=O) groups excluding carboxylic acids is 2. The number of hydrogen-bond donors (Lipinski definition) is 1. The summed E-state index contributed by atoms with van der Waals surface area (Å²) in [6, 6.07) is 5.36. The summed E-state index contributed by atoms with van der Waals surface area (Å²) in [5.41, 5.74) is 0.495. The maximum atomic E-state index is 12.9. The van der Waals surface area contributed by atoms with Gasteiger partial charge in [0.1, 0.15) is 0 Å². The lowest BCUT2D eigenvalue weighted by molar-refractivity contribution is -0.121. The third kappa shape index (κ3) is 2.98. The smallest absolute Gasteiger partial charge is 0.257 e. The Morgan fingerprint density at radius 2 is 2.09 bits per heavy atom. The van der Waals surface area contributed by atoms with E-state index in [1.807, 2.05) is 0 Å². The molecule has 6 heteroatoms. The van der Waals surface area contributed by atoms with Gasteiger partial charge in [-0.05, 0) is 30.9 Å². The number of nitrogens with zero attached hydrogens (tertiary/aromatic N) is 1. The lowest BCUT2D eigenvalue weighted by atomic mass is 9.99. The van der Waals surface area contributed by atoms with Crippen LogP contribution < -0.4 is 14.8 Å². The van der Waals surface area contributed by atoms with Crippen molar-refractivity contribution in [2.75, 3.05) is 27.3 Å². The number of methoxy groups -OCH3 is 2. The lowest BCUT2D eigenvalue weighted by Crippen LogP contribution is -2.39. The third-order valence-corrected chi connectivity index (χ3v) is 4.69. The molecule has 124 valence electrons. The fourth-order valence-corrected chi connectivity index (χ4v) is 3.52. The molecule has 0 radical (unpaired) electrons. The first-order valence-corrected chi connectivity index (χ1v) is 7.93. The maximum absolute atomic E-state index is 12.9. The van der Waals surface area contributed by atoms with Crippen LogP contribution in [0.25, 0.3) is 0 Å². The van der Waals surface area contributed by atoms with Crippen molar-refractivity contribution in [2.24, 2.45) is 5.92 Å². The Morgan fingerprint density at radius 3 is 2.83 bits per heavy atom. The third-order valence-electron chi connectivity index (χ3n) is 4.69. The summed E-state index contributed by atoms with van der Waals surface area (Å²) in [4.78, 5) is 26.4. The molecular formula is C17H22N2O4. The molecule has 0 aliphatic carbocycles. The van der Waals surface area contributed by atoms with Crippen LogP contribution in [0.4, 0.5) is 0 Å². The number of amides is 2. The number of benzene rings is 1. The molecule has 1 aromatic carbocycles. The van der Waals surface area contributed by atoms with Gasteiger partial charge in [-0.3, -0.25) is 9.59 Å². The number of carbonyl (C=O) groups is 2. The molecule has 2 aliphatic heterocycles. The van der Waals surface area contributed by atoms with Gasteiger partial charge in [-0.2, -0.15) is 0 Å². The van der Waals surface area contributed by atoms with Crippen molar-refractivity contribution in [3.63, 3.8) is 0 Å². The molecule has 3 rings (SSSR count). The van der Waals surface area contributed by atoms with E-state index in [0.29, 0.717) is 42.5 Å². The van der Waals surface area contributed by atoms with E-state index in [9.17, 15) is 9.59 Å². The van der Waals surface area contributed by atoms with Crippen molar-refractivity contribution in [3.8, 4) is 11.5 Å². The average molecular weight is 318 g/mol. The molecule has 6 nitrogen and oxygen atoms in total. The molecule has 1 aromatic rings. The number of hydrogen-bond acceptors (Lipinski definition) is 4. The predicted octanol–water partition coefficient (Wildman–Crippen LogP) is 1.44. The summed E-state index contributed by atoms with van der Waals surface area (Å²) < 4.78 is 10.6. The quantitative estimate of drug-likeness (QED) is 0.916. The lowest BCUT2D eigenvalue weighted by Gasteiger charge is -2.19. The van der Waals surface area contributed by atoms with E-state index in [1.165, 1.54) is 7.11 Å². The van der Waals surface area contributed by atoms with Crippen LogP contribution in [-0.4, -0.2) is 50.1 Å². The van der Waals surface area contributed by atoms with Crippen molar-refractivity contribution in [1.29, 1.82) is 0 Å². The molecule has 2 saturated heterocycles. The molecule has 0 bridgehead atoms. The zero-order valence-electron chi connectivity index (χ0n) is 13.5. The van der Waals surface area contributed by atoms with E-state index in [-0.39, 0.29) is 17.9 Å². The largest absolute Gasteiger partial charge is 0.493 e.